The number of hydrogen-bond donors (Lipinski definition) is 1. The number of furan rings is 1. The first-order valence-corrected chi connectivity index (χ1v) is 3.52. The van der Waals surface area contributed by atoms with Crippen LogP contribution in [-0.2, 0) is 6.42 Å². The van der Waals surface area contributed by atoms with E-state index in [1.165, 1.54) is 0 Å². The molecule has 1 aromatic rings. The Morgan fingerprint density at radius 1 is 1.70 bits per heavy atom. The van der Waals surface area contributed by atoms with Crippen molar-refractivity contribution >= 4 is 0 Å². The molecule has 0 saturated heterocycles. The smallest absolute Gasteiger partial charge is 0.105 e. The molecular weight excluding hydrogens is 126 g/mol. The van der Waals surface area contributed by atoms with E-state index in [1.54, 1.807) is 6.26 Å². The fourth-order valence-corrected chi connectivity index (χ4v) is 0.833. The molecular formula is C8H13NO. The van der Waals surface area contributed by atoms with Crippen LogP contribution in [0.25, 0.3) is 0 Å². The third-order valence-corrected chi connectivity index (χ3v) is 1.58. The number of likely N-dealkylation sites (N-methyl/N-ethyl adjacent to an activating group) is 1. The highest BCUT2D eigenvalue weighted by molar-refractivity contribution is 4.99. The van der Waals surface area contributed by atoms with E-state index in [4.69, 9.17) is 4.42 Å². The molecule has 1 N–H and O–H groups in total. The zero-order valence-electron chi connectivity index (χ0n) is 6.42. The summed E-state index contributed by atoms with van der Waals surface area (Å²) in [6.07, 6.45) is 2.67. The van der Waals surface area contributed by atoms with E-state index >= 15 is 0 Å². The minimum atomic E-state index is 0.492. The van der Waals surface area contributed by atoms with Crippen molar-refractivity contribution in [2.24, 2.45) is 0 Å². The molecule has 56 valence electrons. The molecule has 0 saturated carbocycles. The fraction of sp³-hybridized carbons (Fsp3) is 0.500. The first-order chi connectivity index (χ1) is 4.83. The average Bonchev–Trinajstić information content (AvgIpc) is 2.40. The summed E-state index contributed by atoms with van der Waals surface area (Å²) in [6.45, 7) is 2.13. The maximum absolute atomic E-state index is 5.17. The third-order valence-electron chi connectivity index (χ3n) is 1.58. The Morgan fingerprint density at radius 3 is 3.00 bits per heavy atom. The fourth-order valence-electron chi connectivity index (χ4n) is 0.833. The van der Waals surface area contributed by atoms with Gasteiger partial charge in [0.05, 0.1) is 6.26 Å². The molecule has 1 aromatic heterocycles. The van der Waals surface area contributed by atoms with Crippen LogP contribution in [0.3, 0.4) is 0 Å². The van der Waals surface area contributed by atoms with Crippen LogP contribution >= 0.6 is 0 Å². The Morgan fingerprint density at radius 2 is 2.50 bits per heavy atom. The van der Waals surface area contributed by atoms with Crippen molar-refractivity contribution < 1.29 is 4.42 Å². The minimum absolute atomic E-state index is 0.492. The second-order valence-corrected chi connectivity index (χ2v) is 2.47. The number of rotatable bonds is 3. The van der Waals surface area contributed by atoms with E-state index in [-0.39, 0.29) is 0 Å². The SMILES string of the molecule is CNC(C)Cc1ccco1. The van der Waals surface area contributed by atoms with Gasteiger partial charge in [-0.2, -0.15) is 0 Å². The molecule has 0 aromatic carbocycles. The normalized spacial score (nSPS) is 13.4. The van der Waals surface area contributed by atoms with Gasteiger partial charge >= 0.3 is 0 Å². The number of hydrogen-bond acceptors (Lipinski definition) is 2. The molecule has 0 aliphatic heterocycles. The summed E-state index contributed by atoms with van der Waals surface area (Å²) in [5.41, 5.74) is 0. The average molecular weight is 139 g/mol. The summed E-state index contributed by atoms with van der Waals surface area (Å²) >= 11 is 0. The standard InChI is InChI=1S/C8H13NO/c1-7(9-2)6-8-4-3-5-10-8/h3-5,7,9H,6H2,1-2H3. The van der Waals surface area contributed by atoms with Crippen LogP contribution in [-0.4, -0.2) is 13.1 Å². The van der Waals surface area contributed by atoms with Crippen LogP contribution < -0.4 is 5.32 Å². The van der Waals surface area contributed by atoms with Crippen LogP contribution in [0.15, 0.2) is 22.8 Å². The lowest BCUT2D eigenvalue weighted by atomic mass is 10.2. The van der Waals surface area contributed by atoms with Crippen LogP contribution in [0.2, 0.25) is 0 Å². The molecule has 0 aliphatic rings. The van der Waals surface area contributed by atoms with Crippen molar-refractivity contribution in [3.63, 3.8) is 0 Å². The predicted molar refractivity (Wildman–Crippen MR) is 40.9 cm³/mol. The summed E-state index contributed by atoms with van der Waals surface area (Å²) in [6, 6.07) is 4.40. The van der Waals surface area contributed by atoms with Crippen molar-refractivity contribution in [3.05, 3.63) is 24.2 Å². The molecule has 0 amide bonds. The van der Waals surface area contributed by atoms with Crippen LogP contribution in [0, 0.1) is 0 Å². The molecule has 1 rings (SSSR count). The third kappa shape index (κ3) is 1.88. The molecule has 0 bridgehead atoms. The van der Waals surface area contributed by atoms with Gasteiger partial charge in [0.1, 0.15) is 5.76 Å². The van der Waals surface area contributed by atoms with Gasteiger partial charge in [0.25, 0.3) is 0 Å². The molecule has 1 unspecified atom stereocenters. The van der Waals surface area contributed by atoms with Gasteiger partial charge in [-0.05, 0) is 26.1 Å². The summed E-state index contributed by atoms with van der Waals surface area (Å²) in [4.78, 5) is 0. The Balaban J connectivity index is 2.40. The quantitative estimate of drug-likeness (QED) is 0.685. The second kappa shape index (κ2) is 3.42. The summed E-state index contributed by atoms with van der Waals surface area (Å²) in [5.74, 6) is 1.04. The van der Waals surface area contributed by atoms with Gasteiger partial charge in [-0.3, -0.25) is 0 Å². The largest absolute Gasteiger partial charge is 0.469 e. The maximum atomic E-state index is 5.17. The molecule has 1 atom stereocenters. The number of nitrogens with one attached hydrogen (secondary N) is 1. The van der Waals surface area contributed by atoms with Crippen LogP contribution in [0.5, 0.6) is 0 Å². The molecule has 0 fully saturated rings. The maximum Gasteiger partial charge on any atom is 0.105 e. The van der Waals surface area contributed by atoms with E-state index in [1.807, 2.05) is 19.2 Å². The van der Waals surface area contributed by atoms with Crippen molar-refractivity contribution in [1.82, 2.24) is 5.32 Å². The van der Waals surface area contributed by atoms with Gasteiger partial charge in [-0.25, -0.2) is 0 Å². The lowest BCUT2D eigenvalue weighted by Gasteiger charge is -2.05. The van der Waals surface area contributed by atoms with Gasteiger partial charge in [-0.15, -0.1) is 0 Å². The molecule has 0 spiro atoms. The van der Waals surface area contributed by atoms with Crippen LogP contribution in [0.1, 0.15) is 12.7 Å². The van der Waals surface area contributed by atoms with Crippen molar-refractivity contribution in [2.75, 3.05) is 7.05 Å². The monoisotopic (exact) mass is 139 g/mol. The molecule has 2 heteroatoms. The molecule has 0 aliphatic carbocycles. The topological polar surface area (TPSA) is 25.2 Å². The predicted octanol–water partition coefficient (Wildman–Crippen LogP) is 1.43. The van der Waals surface area contributed by atoms with E-state index in [9.17, 15) is 0 Å². The van der Waals surface area contributed by atoms with E-state index in [0.29, 0.717) is 6.04 Å². The molecule has 1 heterocycles. The zero-order chi connectivity index (χ0) is 7.40. The first-order valence-electron chi connectivity index (χ1n) is 3.52. The highest BCUT2D eigenvalue weighted by Crippen LogP contribution is 2.02. The Kier molecular flexibility index (Phi) is 2.51. The minimum Gasteiger partial charge on any atom is -0.469 e. The van der Waals surface area contributed by atoms with E-state index in [0.717, 1.165) is 12.2 Å². The van der Waals surface area contributed by atoms with Crippen molar-refractivity contribution in [3.8, 4) is 0 Å². The van der Waals surface area contributed by atoms with Gasteiger partial charge < -0.3 is 9.73 Å². The van der Waals surface area contributed by atoms with Gasteiger partial charge in [0, 0.05) is 12.5 Å². The lowest BCUT2D eigenvalue weighted by molar-refractivity contribution is 0.472. The Bertz CT molecular complexity index is 169. The van der Waals surface area contributed by atoms with Gasteiger partial charge in [-0.1, -0.05) is 0 Å². The molecule has 10 heavy (non-hydrogen) atoms. The lowest BCUT2D eigenvalue weighted by Crippen LogP contribution is -2.23. The second-order valence-electron chi connectivity index (χ2n) is 2.47. The zero-order valence-corrected chi connectivity index (χ0v) is 6.42. The highest BCUT2D eigenvalue weighted by Gasteiger charge is 2.00. The van der Waals surface area contributed by atoms with Gasteiger partial charge in [0.15, 0.2) is 0 Å². The van der Waals surface area contributed by atoms with Gasteiger partial charge in [0.2, 0.25) is 0 Å². The Hall–Kier alpha value is -0.760. The molecule has 0 radical (unpaired) electrons. The first kappa shape index (κ1) is 7.35. The Labute approximate surface area is 61.2 Å². The van der Waals surface area contributed by atoms with Crippen molar-refractivity contribution in [2.45, 2.75) is 19.4 Å². The molecule has 2 nitrogen and oxygen atoms in total. The summed E-state index contributed by atoms with van der Waals surface area (Å²) < 4.78 is 5.17. The summed E-state index contributed by atoms with van der Waals surface area (Å²) in [7, 11) is 1.95. The van der Waals surface area contributed by atoms with Crippen LogP contribution in [0.4, 0.5) is 0 Å². The van der Waals surface area contributed by atoms with Crippen molar-refractivity contribution in [1.29, 1.82) is 0 Å². The highest BCUT2D eigenvalue weighted by atomic mass is 16.3. The van der Waals surface area contributed by atoms with E-state index in [2.05, 4.69) is 12.2 Å². The van der Waals surface area contributed by atoms with E-state index < -0.39 is 0 Å². The summed E-state index contributed by atoms with van der Waals surface area (Å²) in [5, 5.41) is 3.14.